The summed E-state index contributed by atoms with van der Waals surface area (Å²) in [7, 11) is 0. The summed E-state index contributed by atoms with van der Waals surface area (Å²) in [5.74, 6) is -0.981. The molecule has 33 heavy (non-hydrogen) atoms. The molecule has 1 heterocycles. The second-order valence-electron chi connectivity index (χ2n) is 8.58. The molecule has 1 N–H and O–H groups in total. The van der Waals surface area contributed by atoms with Crippen molar-refractivity contribution < 1.29 is 14.0 Å². The maximum atomic E-state index is 13.5. The Kier molecular flexibility index (Phi) is 6.14. The molecule has 0 saturated heterocycles. The molecule has 0 atom stereocenters. The van der Waals surface area contributed by atoms with Crippen molar-refractivity contribution in [1.82, 2.24) is 4.90 Å². The standard InChI is InChI=1S/C28H27FN2O2/c1-17-8-13-23(19(3)16-17)25-26(30-24-7-5-6-18(2)20(24)4)28(33)31(27(25)32)15-14-21-9-11-22(29)12-10-21/h5-13,16,30H,14-15H2,1-4H3. The number of hydrogen-bond donors (Lipinski definition) is 1. The fourth-order valence-corrected chi connectivity index (χ4v) is 4.15. The Balaban J connectivity index is 1.72. The van der Waals surface area contributed by atoms with Gasteiger partial charge in [-0.15, -0.1) is 0 Å². The van der Waals surface area contributed by atoms with E-state index in [4.69, 9.17) is 0 Å². The van der Waals surface area contributed by atoms with Crippen LogP contribution in [0.1, 0.15) is 33.4 Å². The highest BCUT2D eigenvalue weighted by atomic mass is 19.1. The van der Waals surface area contributed by atoms with Crippen molar-refractivity contribution in [3.8, 4) is 0 Å². The third kappa shape index (κ3) is 4.44. The van der Waals surface area contributed by atoms with E-state index in [9.17, 15) is 14.0 Å². The van der Waals surface area contributed by atoms with Crippen LogP contribution in [0.25, 0.3) is 5.57 Å². The molecule has 0 saturated carbocycles. The van der Waals surface area contributed by atoms with E-state index in [-0.39, 0.29) is 24.2 Å². The normalized spacial score (nSPS) is 13.8. The zero-order chi connectivity index (χ0) is 23.7. The lowest BCUT2D eigenvalue weighted by molar-refractivity contribution is -0.136. The maximum Gasteiger partial charge on any atom is 0.278 e. The number of nitrogens with zero attached hydrogens (tertiary/aromatic N) is 1. The number of imide groups is 1. The van der Waals surface area contributed by atoms with E-state index in [1.165, 1.54) is 17.0 Å². The van der Waals surface area contributed by atoms with E-state index in [1.807, 2.05) is 64.1 Å². The summed E-state index contributed by atoms with van der Waals surface area (Å²) in [5, 5.41) is 3.27. The Morgan fingerprint density at radius 2 is 1.58 bits per heavy atom. The Morgan fingerprint density at radius 1 is 0.848 bits per heavy atom. The number of carbonyl (C=O) groups excluding carboxylic acids is 2. The fraction of sp³-hybridized carbons (Fsp3) is 0.214. The highest BCUT2D eigenvalue weighted by Crippen LogP contribution is 2.33. The minimum Gasteiger partial charge on any atom is -0.350 e. The highest BCUT2D eigenvalue weighted by molar-refractivity contribution is 6.36. The number of hydrogen-bond acceptors (Lipinski definition) is 3. The largest absolute Gasteiger partial charge is 0.350 e. The molecule has 0 aliphatic carbocycles. The number of halogens is 1. The van der Waals surface area contributed by atoms with Crippen LogP contribution in [0.4, 0.5) is 10.1 Å². The number of benzene rings is 3. The monoisotopic (exact) mass is 442 g/mol. The lowest BCUT2D eigenvalue weighted by Crippen LogP contribution is -2.34. The molecule has 3 aromatic rings. The van der Waals surface area contributed by atoms with Gasteiger partial charge in [-0.1, -0.05) is 48.0 Å². The number of carbonyl (C=O) groups is 2. The molecule has 0 radical (unpaired) electrons. The summed E-state index contributed by atoms with van der Waals surface area (Å²) >= 11 is 0. The summed E-state index contributed by atoms with van der Waals surface area (Å²) < 4.78 is 13.2. The van der Waals surface area contributed by atoms with Crippen molar-refractivity contribution in [2.24, 2.45) is 0 Å². The molecular weight excluding hydrogens is 415 g/mol. The molecule has 0 spiro atoms. The molecule has 4 nitrogen and oxygen atoms in total. The lowest BCUT2D eigenvalue weighted by atomic mass is 9.97. The van der Waals surface area contributed by atoms with Gasteiger partial charge < -0.3 is 5.32 Å². The number of rotatable bonds is 6. The van der Waals surface area contributed by atoms with Crippen molar-refractivity contribution in [3.05, 3.63) is 106 Å². The third-order valence-electron chi connectivity index (χ3n) is 6.22. The second-order valence-corrected chi connectivity index (χ2v) is 8.58. The summed E-state index contributed by atoms with van der Waals surface area (Å²) in [6.07, 6.45) is 0.453. The zero-order valence-corrected chi connectivity index (χ0v) is 19.3. The van der Waals surface area contributed by atoms with Gasteiger partial charge in [-0.3, -0.25) is 14.5 Å². The van der Waals surface area contributed by atoms with Gasteiger partial charge in [-0.2, -0.15) is 0 Å². The summed E-state index contributed by atoms with van der Waals surface area (Å²) in [5.41, 5.74) is 7.23. The Bertz CT molecular complexity index is 1280. The molecule has 168 valence electrons. The van der Waals surface area contributed by atoms with Gasteiger partial charge in [0.05, 0.1) is 5.57 Å². The summed E-state index contributed by atoms with van der Waals surface area (Å²) in [4.78, 5) is 28.3. The van der Waals surface area contributed by atoms with E-state index < -0.39 is 0 Å². The van der Waals surface area contributed by atoms with Gasteiger partial charge in [0.1, 0.15) is 11.5 Å². The van der Waals surface area contributed by atoms with Crippen LogP contribution >= 0.6 is 0 Å². The van der Waals surface area contributed by atoms with Gasteiger partial charge >= 0.3 is 0 Å². The molecule has 1 aliphatic rings. The summed E-state index contributed by atoms with van der Waals surface area (Å²) in [6, 6.07) is 17.8. The molecule has 0 aromatic heterocycles. The van der Waals surface area contributed by atoms with E-state index >= 15 is 0 Å². The average Bonchev–Trinajstić information content (AvgIpc) is 3.00. The average molecular weight is 443 g/mol. The van der Waals surface area contributed by atoms with Crippen molar-refractivity contribution in [2.75, 3.05) is 11.9 Å². The van der Waals surface area contributed by atoms with E-state index in [0.717, 1.165) is 39.1 Å². The first-order chi connectivity index (χ1) is 15.8. The third-order valence-corrected chi connectivity index (χ3v) is 6.22. The van der Waals surface area contributed by atoms with Crippen molar-refractivity contribution >= 4 is 23.1 Å². The highest BCUT2D eigenvalue weighted by Gasteiger charge is 2.39. The van der Waals surface area contributed by atoms with Gasteiger partial charge in [-0.25, -0.2) is 4.39 Å². The van der Waals surface area contributed by atoms with Crippen LogP contribution < -0.4 is 5.32 Å². The molecule has 1 aliphatic heterocycles. The predicted molar refractivity (Wildman–Crippen MR) is 129 cm³/mol. The molecule has 3 aromatic carbocycles. The van der Waals surface area contributed by atoms with Gasteiger partial charge in [0, 0.05) is 12.2 Å². The Hall–Kier alpha value is -3.73. The first kappa shape index (κ1) is 22.5. The number of nitrogens with one attached hydrogen (secondary N) is 1. The van der Waals surface area contributed by atoms with Crippen molar-refractivity contribution in [3.63, 3.8) is 0 Å². The van der Waals surface area contributed by atoms with Gasteiger partial charge in [0.2, 0.25) is 0 Å². The molecule has 5 heteroatoms. The minimum absolute atomic E-state index is 0.218. The fourth-order valence-electron chi connectivity index (χ4n) is 4.15. The molecule has 2 amide bonds. The lowest BCUT2D eigenvalue weighted by Gasteiger charge is -2.16. The van der Waals surface area contributed by atoms with Crippen LogP contribution in [0, 0.1) is 33.5 Å². The van der Waals surface area contributed by atoms with Crippen LogP contribution in [0.15, 0.2) is 66.4 Å². The molecule has 0 unspecified atom stereocenters. The molecule has 4 rings (SSSR count). The van der Waals surface area contributed by atoms with Crippen LogP contribution in [-0.2, 0) is 16.0 Å². The van der Waals surface area contributed by atoms with Gasteiger partial charge in [-0.05, 0) is 80.1 Å². The second kappa shape index (κ2) is 9.02. The van der Waals surface area contributed by atoms with Crippen molar-refractivity contribution in [2.45, 2.75) is 34.1 Å². The minimum atomic E-state index is -0.349. The van der Waals surface area contributed by atoms with Gasteiger partial charge in [0.15, 0.2) is 0 Å². The molecule has 0 bridgehead atoms. The van der Waals surface area contributed by atoms with Gasteiger partial charge in [0.25, 0.3) is 11.8 Å². The number of amides is 2. The SMILES string of the molecule is Cc1ccc(C2=C(Nc3cccc(C)c3C)C(=O)N(CCc3ccc(F)cc3)C2=O)c(C)c1. The van der Waals surface area contributed by atoms with Crippen LogP contribution in [0.3, 0.4) is 0 Å². The number of aryl methyl sites for hydroxylation is 3. The smallest absolute Gasteiger partial charge is 0.278 e. The van der Waals surface area contributed by atoms with E-state index in [2.05, 4.69) is 5.32 Å². The van der Waals surface area contributed by atoms with Crippen molar-refractivity contribution in [1.29, 1.82) is 0 Å². The maximum absolute atomic E-state index is 13.5. The Morgan fingerprint density at radius 3 is 2.27 bits per heavy atom. The van der Waals surface area contributed by atoms with E-state index in [0.29, 0.717) is 17.7 Å². The first-order valence-electron chi connectivity index (χ1n) is 11.0. The quantitative estimate of drug-likeness (QED) is 0.513. The van der Waals surface area contributed by atoms with E-state index in [1.54, 1.807) is 12.1 Å². The predicted octanol–water partition coefficient (Wildman–Crippen LogP) is 5.49. The van der Waals surface area contributed by atoms with Crippen LogP contribution in [-0.4, -0.2) is 23.3 Å². The Labute approximate surface area is 193 Å². The topological polar surface area (TPSA) is 49.4 Å². The molecular formula is C28H27FN2O2. The zero-order valence-electron chi connectivity index (χ0n) is 19.3. The first-order valence-corrected chi connectivity index (χ1v) is 11.0. The van der Waals surface area contributed by atoms with Crippen LogP contribution in [0.5, 0.6) is 0 Å². The summed E-state index contributed by atoms with van der Waals surface area (Å²) in [6.45, 7) is 8.16. The van der Waals surface area contributed by atoms with Crippen LogP contribution in [0.2, 0.25) is 0 Å². The number of anilines is 1. The molecule has 0 fully saturated rings.